The van der Waals surface area contributed by atoms with Gasteiger partial charge in [-0.25, -0.2) is 4.98 Å². The topological polar surface area (TPSA) is 101 Å². The summed E-state index contributed by atoms with van der Waals surface area (Å²) in [7, 11) is 0. The van der Waals surface area contributed by atoms with Crippen molar-refractivity contribution in [3.63, 3.8) is 0 Å². The molecule has 0 bridgehead atoms. The van der Waals surface area contributed by atoms with Crippen LogP contribution in [0, 0.1) is 0 Å². The second-order valence-electron chi connectivity index (χ2n) is 6.14. The molecule has 0 saturated heterocycles. The van der Waals surface area contributed by atoms with E-state index in [9.17, 15) is 14.4 Å². The molecule has 0 aliphatic carbocycles. The Balaban J connectivity index is 1.70. The Labute approximate surface area is 166 Å². The number of thiazole rings is 1. The Morgan fingerprint density at radius 1 is 1.29 bits per heavy atom. The van der Waals surface area contributed by atoms with Crippen molar-refractivity contribution in [2.24, 2.45) is 5.10 Å². The molecule has 0 radical (unpaired) electrons. The lowest BCUT2D eigenvalue weighted by atomic mass is 10.1. The average molecular weight is 400 g/mol. The van der Waals surface area contributed by atoms with Gasteiger partial charge in [0.2, 0.25) is 0 Å². The van der Waals surface area contributed by atoms with Gasteiger partial charge in [-0.05, 0) is 26.0 Å². The summed E-state index contributed by atoms with van der Waals surface area (Å²) in [6.07, 6.45) is 0.270. The Bertz CT molecular complexity index is 910. The number of benzene rings is 1. The monoisotopic (exact) mass is 400 g/mol. The predicted molar refractivity (Wildman–Crippen MR) is 107 cm³/mol. The molecule has 8 nitrogen and oxygen atoms in total. The van der Waals surface area contributed by atoms with Gasteiger partial charge in [-0.3, -0.25) is 24.7 Å². The molecule has 3 rings (SSSR count). The normalized spacial score (nSPS) is 15.9. The van der Waals surface area contributed by atoms with E-state index < -0.39 is 11.9 Å². The molecule has 1 atom stereocenters. The molecule has 2 aromatic rings. The number of nitrogens with one attached hydrogen (secondary N) is 1. The second-order valence-corrected chi connectivity index (χ2v) is 7.00. The zero-order valence-corrected chi connectivity index (χ0v) is 16.4. The van der Waals surface area contributed by atoms with E-state index in [2.05, 4.69) is 15.4 Å². The van der Waals surface area contributed by atoms with E-state index in [-0.39, 0.29) is 30.3 Å². The quantitative estimate of drug-likeness (QED) is 0.717. The number of ketones is 1. The molecule has 28 heavy (non-hydrogen) atoms. The van der Waals surface area contributed by atoms with Crippen LogP contribution in [-0.4, -0.2) is 41.0 Å². The van der Waals surface area contributed by atoms with Gasteiger partial charge in [-0.15, -0.1) is 11.3 Å². The fourth-order valence-electron chi connectivity index (χ4n) is 2.76. The summed E-state index contributed by atoms with van der Waals surface area (Å²) < 4.78 is 4.89. The molecule has 1 unspecified atom stereocenters. The van der Waals surface area contributed by atoms with E-state index in [0.29, 0.717) is 17.4 Å². The van der Waals surface area contributed by atoms with Gasteiger partial charge in [0.25, 0.3) is 5.91 Å². The highest BCUT2D eigenvalue weighted by Crippen LogP contribution is 2.25. The van der Waals surface area contributed by atoms with E-state index in [1.165, 1.54) is 18.3 Å². The summed E-state index contributed by atoms with van der Waals surface area (Å²) in [6.45, 7) is 3.53. The minimum Gasteiger partial charge on any atom is -0.466 e. The third-order valence-electron chi connectivity index (χ3n) is 4.07. The van der Waals surface area contributed by atoms with Crippen molar-refractivity contribution in [1.29, 1.82) is 0 Å². The lowest BCUT2D eigenvalue weighted by Gasteiger charge is -2.20. The zero-order chi connectivity index (χ0) is 20.1. The molecule has 1 aliphatic rings. The first-order valence-corrected chi connectivity index (χ1v) is 9.69. The lowest BCUT2D eigenvalue weighted by Crippen LogP contribution is -2.33. The number of aromatic nitrogens is 1. The van der Waals surface area contributed by atoms with Crippen molar-refractivity contribution in [3.8, 4) is 0 Å². The van der Waals surface area contributed by atoms with E-state index in [0.717, 1.165) is 5.69 Å². The standard InChI is InChI=1S/C19H20N4O4S/c1-3-27-17(25)9-13-11-28-19(20-13)21-18(26)15-10-16(12(2)24)23(22-15)14-7-5-4-6-8-14/h4-8,11,16H,3,9-10H2,1-2H3,(H,20,21,26). The first-order valence-electron chi connectivity index (χ1n) is 8.81. The van der Waals surface area contributed by atoms with Crippen molar-refractivity contribution < 1.29 is 19.1 Å². The number of esters is 1. The second kappa shape index (κ2) is 8.75. The highest BCUT2D eigenvalue weighted by Gasteiger charge is 2.34. The summed E-state index contributed by atoms with van der Waals surface area (Å²) in [5.74, 6) is -0.850. The van der Waals surface area contributed by atoms with Crippen LogP contribution in [0.25, 0.3) is 0 Å². The molecular formula is C19H20N4O4S. The minimum absolute atomic E-state index is 0.0509. The number of carbonyl (C=O) groups excluding carboxylic acids is 3. The number of hydrogen-bond donors (Lipinski definition) is 1. The van der Waals surface area contributed by atoms with Crippen LogP contribution in [0.5, 0.6) is 0 Å². The number of anilines is 2. The Hall–Kier alpha value is -3.07. The Morgan fingerprint density at radius 2 is 2.04 bits per heavy atom. The molecule has 1 aromatic carbocycles. The summed E-state index contributed by atoms with van der Waals surface area (Å²) in [5, 5.41) is 10.7. The highest BCUT2D eigenvalue weighted by atomic mass is 32.1. The number of hydrogen-bond acceptors (Lipinski definition) is 8. The van der Waals surface area contributed by atoms with Crippen LogP contribution in [0.3, 0.4) is 0 Å². The van der Waals surface area contributed by atoms with Crippen LogP contribution in [0.15, 0.2) is 40.8 Å². The van der Waals surface area contributed by atoms with Crippen molar-refractivity contribution in [2.75, 3.05) is 16.9 Å². The number of carbonyl (C=O) groups is 3. The molecule has 2 heterocycles. The highest BCUT2D eigenvalue weighted by molar-refractivity contribution is 7.14. The van der Waals surface area contributed by atoms with Gasteiger partial charge in [-0.1, -0.05) is 18.2 Å². The van der Waals surface area contributed by atoms with E-state index in [1.807, 2.05) is 30.3 Å². The molecular weight excluding hydrogens is 380 g/mol. The molecule has 146 valence electrons. The third kappa shape index (κ3) is 4.61. The maximum Gasteiger partial charge on any atom is 0.311 e. The van der Waals surface area contributed by atoms with Gasteiger partial charge >= 0.3 is 5.97 Å². The van der Waals surface area contributed by atoms with Gasteiger partial charge in [0, 0.05) is 11.8 Å². The first kappa shape index (κ1) is 19.7. The zero-order valence-electron chi connectivity index (χ0n) is 15.5. The van der Waals surface area contributed by atoms with Gasteiger partial charge in [0.05, 0.1) is 24.4 Å². The molecule has 1 aliphatic heterocycles. The van der Waals surface area contributed by atoms with Crippen LogP contribution in [-0.2, 0) is 25.5 Å². The van der Waals surface area contributed by atoms with Crippen LogP contribution < -0.4 is 10.3 Å². The average Bonchev–Trinajstić information content (AvgIpc) is 3.30. The smallest absolute Gasteiger partial charge is 0.311 e. The number of hydrazone groups is 1. The van der Waals surface area contributed by atoms with E-state index in [1.54, 1.807) is 17.3 Å². The number of amides is 1. The molecule has 9 heteroatoms. The van der Waals surface area contributed by atoms with Crippen LogP contribution in [0.4, 0.5) is 10.8 Å². The van der Waals surface area contributed by atoms with Gasteiger partial charge in [0.15, 0.2) is 10.9 Å². The van der Waals surface area contributed by atoms with Crippen LogP contribution in [0.1, 0.15) is 26.0 Å². The minimum atomic E-state index is -0.515. The fourth-order valence-corrected chi connectivity index (χ4v) is 3.46. The number of ether oxygens (including phenoxy) is 1. The van der Waals surface area contributed by atoms with Gasteiger partial charge in [-0.2, -0.15) is 5.10 Å². The molecule has 1 amide bonds. The molecule has 1 N–H and O–H groups in total. The number of para-hydroxylation sites is 1. The third-order valence-corrected chi connectivity index (χ3v) is 4.87. The number of rotatable bonds is 7. The van der Waals surface area contributed by atoms with Crippen molar-refractivity contribution in [3.05, 3.63) is 41.4 Å². The van der Waals surface area contributed by atoms with Crippen molar-refractivity contribution >= 4 is 45.5 Å². The Kier molecular flexibility index (Phi) is 6.15. The molecule has 0 fully saturated rings. The molecule has 0 spiro atoms. The molecule has 1 aromatic heterocycles. The first-order chi connectivity index (χ1) is 13.5. The maximum absolute atomic E-state index is 12.6. The van der Waals surface area contributed by atoms with Crippen molar-refractivity contribution in [2.45, 2.75) is 32.7 Å². The SMILES string of the molecule is CCOC(=O)Cc1csc(NC(=O)C2=NN(c3ccccc3)C(C(C)=O)C2)n1. The fraction of sp³-hybridized carbons (Fsp3) is 0.316. The number of nitrogens with zero attached hydrogens (tertiary/aromatic N) is 3. The van der Waals surface area contributed by atoms with Crippen LogP contribution in [0.2, 0.25) is 0 Å². The van der Waals surface area contributed by atoms with Crippen LogP contribution >= 0.6 is 11.3 Å². The van der Waals surface area contributed by atoms with Gasteiger partial charge in [0.1, 0.15) is 11.8 Å². The lowest BCUT2D eigenvalue weighted by molar-refractivity contribution is -0.142. The van der Waals surface area contributed by atoms with E-state index >= 15 is 0 Å². The summed E-state index contributed by atoms with van der Waals surface area (Å²) in [6, 6.07) is 8.72. The Morgan fingerprint density at radius 3 is 2.71 bits per heavy atom. The summed E-state index contributed by atoms with van der Waals surface area (Å²) in [4.78, 5) is 40.4. The van der Waals surface area contributed by atoms with Crippen molar-refractivity contribution in [1.82, 2.24) is 4.98 Å². The summed E-state index contributed by atoms with van der Waals surface area (Å²) in [5.41, 5.74) is 1.53. The maximum atomic E-state index is 12.6. The predicted octanol–water partition coefficient (Wildman–Crippen LogP) is 2.41. The molecule has 0 saturated carbocycles. The van der Waals surface area contributed by atoms with Gasteiger partial charge < -0.3 is 4.74 Å². The van der Waals surface area contributed by atoms with E-state index in [4.69, 9.17) is 4.74 Å². The summed E-state index contributed by atoms with van der Waals surface area (Å²) >= 11 is 1.21. The largest absolute Gasteiger partial charge is 0.466 e. The number of Topliss-reactive ketones (excluding diaryl/α,β-unsaturated/α-hetero) is 1.